The third-order valence-corrected chi connectivity index (χ3v) is 4.38. The number of carboxylic acid groups (broad SMARTS) is 1. The van der Waals surface area contributed by atoms with Crippen molar-refractivity contribution in [3.63, 3.8) is 0 Å². The van der Waals surface area contributed by atoms with Crippen LogP contribution < -0.4 is 4.74 Å². The van der Waals surface area contributed by atoms with Crippen LogP contribution in [0.1, 0.15) is 43.2 Å². The van der Waals surface area contributed by atoms with Gasteiger partial charge in [-0.25, -0.2) is 0 Å². The summed E-state index contributed by atoms with van der Waals surface area (Å²) in [6, 6.07) is 6.24. The molecule has 2 atom stereocenters. The molecule has 0 aliphatic heterocycles. The zero-order valence-electron chi connectivity index (χ0n) is 11.1. The van der Waals surface area contributed by atoms with Crippen molar-refractivity contribution in [2.75, 3.05) is 0 Å². The summed E-state index contributed by atoms with van der Waals surface area (Å²) in [5, 5.41) is 9.26. The minimum Gasteiger partial charge on any atom is -0.490 e. The molecule has 1 aromatic carbocycles. The number of aliphatic carboxylic acids is 1. The van der Waals surface area contributed by atoms with Crippen LogP contribution in [0, 0.1) is 5.92 Å². The maximum Gasteiger partial charge on any atom is 0.310 e. The van der Waals surface area contributed by atoms with Crippen molar-refractivity contribution in [3.8, 4) is 5.75 Å². The summed E-state index contributed by atoms with van der Waals surface area (Å²) in [6.07, 6.45) is 7.01. The SMILES string of the molecule is O=C(O)C1CCCCC1Oc1ccc2c(c1)CCC2. The predicted molar refractivity (Wildman–Crippen MR) is 72.5 cm³/mol. The van der Waals surface area contributed by atoms with Gasteiger partial charge in [-0.15, -0.1) is 0 Å². The number of benzene rings is 1. The summed E-state index contributed by atoms with van der Waals surface area (Å²) in [4.78, 5) is 11.3. The van der Waals surface area contributed by atoms with Crippen molar-refractivity contribution >= 4 is 5.97 Å². The van der Waals surface area contributed by atoms with Crippen LogP contribution in [0.4, 0.5) is 0 Å². The van der Waals surface area contributed by atoms with Crippen molar-refractivity contribution in [2.45, 2.75) is 51.0 Å². The van der Waals surface area contributed by atoms with Gasteiger partial charge in [-0.1, -0.05) is 12.5 Å². The van der Waals surface area contributed by atoms with Gasteiger partial charge in [0.25, 0.3) is 0 Å². The standard InChI is InChI=1S/C16H20O3/c17-16(18)14-6-1-2-7-15(14)19-13-9-8-11-4-3-5-12(11)10-13/h8-10,14-15H,1-7H2,(H,17,18). The summed E-state index contributed by atoms with van der Waals surface area (Å²) in [7, 11) is 0. The molecule has 0 aromatic heterocycles. The zero-order chi connectivity index (χ0) is 13.2. The van der Waals surface area contributed by atoms with Gasteiger partial charge in [0.05, 0.1) is 5.92 Å². The van der Waals surface area contributed by atoms with E-state index in [-0.39, 0.29) is 12.0 Å². The van der Waals surface area contributed by atoms with Crippen LogP contribution in [-0.2, 0) is 17.6 Å². The first-order valence-corrected chi connectivity index (χ1v) is 7.25. The molecule has 1 saturated carbocycles. The second-order valence-corrected chi connectivity index (χ2v) is 5.67. The van der Waals surface area contributed by atoms with Gasteiger partial charge in [0, 0.05) is 0 Å². The van der Waals surface area contributed by atoms with Crippen molar-refractivity contribution < 1.29 is 14.6 Å². The molecule has 0 saturated heterocycles. The predicted octanol–water partition coefficient (Wildman–Crippen LogP) is 3.20. The first-order chi connectivity index (χ1) is 9.24. The van der Waals surface area contributed by atoms with E-state index in [4.69, 9.17) is 4.74 Å². The summed E-state index contributed by atoms with van der Waals surface area (Å²) < 4.78 is 5.97. The highest BCUT2D eigenvalue weighted by atomic mass is 16.5. The van der Waals surface area contributed by atoms with Gasteiger partial charge >= 0.3 is 5.97 Å². The Labute approximate surface area is 113 Å². The molecule has 0 heterocycles. The van der Waals surface area contributed by atoms with E-state index in [0.29, 0.717) is 0 Å². The molecular weight excluding hydrogens is 240 g/mol. The molecule has 0 spiro atoms. The van der Waals surface area contributed by atoms with Crippen LogP contribution in [0.15, 0.2) is 18.2 Å². The molecule has 1 fully saturated rings. The van der Waals surface area contributed by atoms with E-state index >= 15 is 0 Å². The van der Waals surface area contributed by atoms with Crippen LogP contribution >= 0.6 is 0 Å². The van der Waals surface area contributed by atoms with Crippen molar-refractivity contribution in [2.24, 2.45) is 5.92 Å². The highest BCUT2D eigenvalue weighted by molar-refractivity contribution is 5.70. The fourth-order valence-electron chi connectivity index (χ4n) is 3.32. The second kappa shape index (κ2) is 5.24. The maximum absolute atomic E-state index is 11.3. The number of hydrogen-bond acceptors (Lipinski definition) is 2. The van der Waals surface area contributed by atoms with Gasteiger partial charge in [-0.2, -0.15) is 0 Å². The van der Waals surface area contributed by atoms with Gasteiger partial charge < -0.3 is 9.84 Å². The molecule has 2 aliphatic rings. The lowest BCUT2D eigenvalue weighted by Crippen LogP contribution is -2.35. The number of carbonyl (C=O) groups is 1. The highest BCUT2D eigenvalue weighted by Crippen LogP contribution is 2.31. The Hall–Kier alpha value is -1.51. The zero-order valence-corrected chi connectivity index (χ0v) is 11.1. The Morgan fingerprint density at radius 2 is 1.89 bits per heavy atom. The quantitative estimate of drug-likeness (QED) is 0.907. The monoisotopic (exact) mass is 260 g/mol. The number of rotatable bonds is 3. The Balaban J connectivity index is 1.74. The molecule has 3 rings (SSSR count). The van der Waals surface area contributed by atoms with E-state index in [1.807, 2.05) is 6.07 Å². The molecule has 19 heavy (non-hydrogen) atoms. The maximum atomic E-state index is 11.3. The van der Waals surface area contributed by atoms with Crippen LogP contribution in [-0.4, -0.2) is 17.2 Å². The second-order valence-electron chi connectivity index (χ2n) is 5.67. The van der Waals surface area contributed by atoms with E-state index in [2.05, 4.69) is 12.1 Å². The lowest BCUT2D eigenvalue weighted by molar-refractivity contribution is -0.146. The van der Waals surface area contributed by atoms with E-state index in [1.165, 1.54) is 17.5 Å². The summed E-state index contributed by atoms with van der Waals surface area (Å²) >= 11 is 0. The number of ether oxygens (including phenoxy) is 1. The molecular formula is C16H20O3. The molecule has 1 aromatic rings. The minimum absolute atomic E-state index is 0.161. The molecule has 2 unspecified atom stereocenters. The first-order valence-electron chi connectivity index (χ1n) is 7.25. The molecule has 3 heteroatoms. The average Bonchev–Trinajstić information content (AvgIpc) is 2.86. The Morgan fingerprint density at radius 3 is 2.74 bits per heavy atom. The normalized spacial score (nSPS) is 25.9. The molecule has 1 N–H and O–H groups in total. The Bertz CT molecular complexity index is 481. The van der Waals surface area contributed by atoms with E-state index in [0.717, 1.165) is 44.3 Å². The molecule has 102 valence electrons. The first kappa shape index (κ1) is 12.5. The Kier molecular flexibility index (Phi) is 3.45. The fraction of sp³-hybridized carbons (Fsp3) is 0.562. The van der Waals surface area contributed by atoms with Crippen LogP contribution in [0.25, 0.3) is 0 Å². The average molecular weight is 260 g/mol. The smallest absolute Gasteiger partial charge is 0.310 e. The van der Waals surface area contributed by atoms with Gasteiger partial charge in [0.2, 0.25) is 0 Å². The van der Waals surface area contributed by atoms with E-state index < -0.39 is 5.97 Å². The number of aryl methyl sites for hydroxylation is 2. The number of fused-ring (bicyclic) bond motifs is 1. The van der Waals surface area contributed by atoms with Gasteiger partial charge in [-0.3, -0.25) is 4.79 Å². The third kappa shape index (κ3) is 2.60. The third-order valence-electron chi connectivity index (χ3n) is 4.38. The van der Waals surface area contributed by atoms with E-state index in [9.17, 15) is 9.90 Å². The summed E-state index contributed by atoms with van der Waals surface area (Å²) in [5.74, 6) is -0.216. The molecule has 0 amide bonds. The molecule has 0 bridgehead atoms. The largest absolute Gasteiger partial charge is 0.490 e. The number of hydrogen-bond donors (Lipinski definition) is 1. The molecule has 0 radical (unpaired) electrons. The Morgan fingerprint density at radius 1 is 1.11 bits per heavy atom. The van der Waals surface area contributed by atoms with Crippen LogP contribution in [0.5, 0.6) is 5.75 Å². The van der Waals surface area contributed by atoms with E-state index in [1.54, 1.807) is 0 Å². The van der Waals surface area contributed by atoms with Gasteiger partial charge in [0.1, 0.15) is 11.9 Å². The fourth-order valence-corrected chi connectivity index (χ4v) is 3.32. The van der Waals surface area contributed by atoms with Crippen LogP contribution in [0.2, 0.25) is 0 Å². The van der Waals surface area contributed by atoms with Crippen molar-refractivity contribution in [1.82, 2.24) is 0 Å². The van der Waals surface area contributed by atoms with Crippen molar-refractivity contribution in [3.05, 3.63) is 29.3 Å². The van der Waals surface area contributed by atoms with Gasteiger partial charge in [0.15, 0.2) is 0 Å². The highest BCUT2D eigenvalue weighted by Gasteiger charge is 2.32. The summed E-state index contributed by atoms with van der Waals surface area (Å²) in [5.41, 5.74) is 2.80. The lowest BCUT2D eigenvalue weighted by Gasteiger charge is -2.29. The lowest BCUT2D eigenvalue weighted by atomic mass is 9.86. The molecule has 3 nitrogen and oxygen atoms in total. The van der Waals surface area contributed by atoms with Gasteiger partial charge in [-0.05, 0) is 61.8 Å². The molecule has 2 aliphatic carbocycles. The number of carboxylic acids is 1. The van der Waals surface area contributed by atoms with Crippen LogP contribution in [0.3, 0.4) is 0 Å². The minimum atomic E-state index is -0.717. The summed E-state index contributed by atoms with van der Waals surface area (Å²) in [6.45, 7) is 0. The topological polar surface area (TPSA) is 46.5 Å². The van der Waals surface area contributed by atoms with Crippen molar-refractivity contribution in [1.29, 1.82) is 0 Å².